The van der Waals surface area contributed by atoms with Gasteiger partial charge in [-0.2, -0.15) is 0 Å². The van der Waals surface area contributed by atoms with Crippen LogP contribution in [0.3, 0.4) is 0 Å². The largest absolute Gasteiger partial charge is 0.394 e. The van der Waals surface area contributed by atoms with Crippen molar-refractivity contribution in [2.45, 2.75) is 32.9 Å². The lowest BCUT2D eigenvalue weighted by molar-refractivity contribution is 0.206. The molecule has 0 aromatic heterocycles. The number of hydrogen-bond acceptors (Lipinski definition) is 2. The summed E-state index contributed by atoms with van der Waals surface area (Å²) in [6.07, 6.45) is 0.702. The molecule has 0 aliphatic carbocycles. The lowest BCUT2D eigenvalue weighted by Crippen LogP contribution is -2.44. The summed E-state index contributed by atoms with van der Waals surface area (Å²) in [5.41, 5.74) is 0.657. The number of urea groups is 1. The minimum atomic E-state index is -0.374. The van der Waals surface area contributed by atoms with Gasteiger partial charge in [0.2, 0.25) is 0 Å². The van der Waals surface area contributed by atoms with E-state index in [1.807, 2.05) is 13.8 Å². The van der Waals surface area contributed by atoms with Crippen LogP contribution in [0, 0.1) is 11.7 Å². The zero-order chi connectivity index (χ0) is 15.1. The van der Waals surface area contributed by atoms with Gasteiger partial charge < -0.3 is 15.7 Å². The third-order valence-corrected chi connectivity index (χ3v) is 3.53. The van der Waals surface area contributed by atoms with Gasteiger partial charge in [0.15, 0.2) is 0 Å². The van der Waals surface area contributed by atoms with Crippen molar-refractivity contribution in [2.75, 3.05) is 6.61 Å². The second kappa shape index (κ2) is 8.21. The Bertz CT molecular complexity index is 455. The van der Waals surface area contributed by atoms with Crippen molar-refractivity contribution in [3.05, 3.63) is 34.1 Å². The summed E-state index contributed by atoms with van der Waals surface area (Å²) < 4.78 is 13.8. The number of carbonyl (C=O) groups is 1. The number of aliphatic hydroxyl groups excluding tert-OH is 1. The number of benzene rings is 1. The van der Waals surface area contributed by atoms with Crippen LogP contribution < -0.4 is 10.6 Å². The first kappa shape index (κ1) is 16.9. The SMILES string of the molecule is CC(C)CC(CO)NC(=O)NCc1cc(F)ccc1Br. The third kappa shape index (κ3) is 5.88. The first-order valence-electron chi connectivity index (χ1n) is 6.51. The van der Waals surface area contributed by atoms with Gasteiger partial charge in [0.05, 0.1) is 12.6 Å². The fourth-order valence-corrected chi connectivity index (χ4v) is 2.23. The molecule has 0 aliphatic heterocycles. The molecular formula is C14H20BrFN2O2. The molecule has 1 aromatic carbocycles. The summed E-state index contributed by atoms with van der Waals surface area (Å²) in [7, 11) is 0. The van der Waals surface area contributed by atoms with Crippen molar-refractivity contribution in [3.8, 4) is 0 Å². The zero-order valence-electron chi connectivity index (χ0n) is 11.6. The van der Waals surface area contributed by atoms with Crippen molar-refractivity contribution >= 4 is 22.0 Å². The molecule has 1 rings (SSSR count). The van der Waals surface area contributed by atoms with Crippen molar-refractivity contribution in [2.24, 2.45) is 5.92 Å². The molecule has 6 heteroatoms. The molecule has 0 saturated heterocycles. The molecule has 0 bridgehead atoms. The molecule has 1 unspecified atom stereocenters. The lowest BCUT2D eigenvalue weighted by atomic mass is 10.0. The smallest absolute Gasteiger partial charge is 0.315 e. The van der Waals surface area contributed by atoms with E-state index in [0.29, 0.717) is 17.9 Å². The Morgan fingerprint density at radius 1 is 1.45 bits per heavy atom. The second-order valence-corrected chi connectivity index (χ2v) is 5.93. The van der Waals surface area contributed by atoms with Crippen LogP contribution in [-0.4, -0.2) is 23.8 Å². The van der Waals surface area contributed by atoms with Crippen LogP contribution in [0.5, 0.6) is 0 Å². The van der Waals surface area contributed by atoms with Crippen molar-refractivity contribution in [3.63, 3.8) is 0 Å². The normalized spacial score (nSPS) is 12.3. The maximum atomic E-state index is 13.1. The van der Waals surface area contributed by atoms with Crippen LogP contribution in [0.1, 0.15) is 25.8 Å². The van der Waals surface area contributed by atoms with Crippen molar-refractivity contribution in [1.29, 1.82) is 0 Å². The van der Waals surface area contributed by atoms with E-state index >= 15 is 0 Å². The zero-order valence-corrected chi connectivity index (χ0v) is 13.2. The maximum Gasteiger partial charge on any atom is 0.315 e. The molecule has 0 fully saturated rings. The molecule has 0 aliphatic rings. The number of hydrogen-bond donors (Lipinski definition) is 3. The number of nitrogens with one attached hydrogen (secondary N) is 2. The highest BCUT2D eigenvalue weighted by atomic mass is 79.9. The molecule has 1 aromatic rings. The summed E-state index contributed by atoms with van der Waals surface area (Å²) in [6, 6.07) is 3.66. The molecule has 112 valence electrons. The lowest BCUT2D eigenvalue weighted by Gasteiger charge is -2.18. The highest BCUT2D eigenvalue weighted by Gasteiger charge is 2.13. The van der Waals surface area contributed by atoms with E-state index in [9.17, 15) is 14.3 Å². The van der Waals surface area contributed by atoms with Gasteiger partial charge in [0.25, 0.3) is 0 Å². The maximum absolute atomic E-state index is 13.1. The van der Waals surface area contributed by atoms with Crippen molar-refractivity contribution in [1.82, 2.24) is 10.6 Å². The number of halogens is 2. The first-order valence-corrected chi connectivity index (χ1v) is 7.30. The Morgan fingerprint density at radius 2 is 2.15 bits per heavy atom. The topological polar surface area (TPSA) is 61.4 Å². The summed E-state index contributed by atoms with van der Waals surface area (Å²) in [5.74, 6) is 0.0308. The number of amides is 2. The van der Waals surface area contributed by atoms with Gasteiger partial charge in [0, 0.05) is 11.0 Å². The van der Waals surface area contributed by atoms with Crippen molar-refractivity contribution < 1.29 is 14.3 Å². The van der Waals surface area contributed by atoms with E-state index in [1.54, 1.807) is 6.07 Å². The molecule has 2 amide bonds. The van der Waals surface area contributed by atoms with Gasteiger partial charge in [-0.05, 0) is 36.1 Å². The Hall–Kier alpha value is -1.14. The molecule has 0 spiro atoms. The number of carbonyl (C=O) groups excluding carboxylic acids is 1. The molecular weight excluding hydrogens is 327 g/mol. The van der Waals surface area contributed by atoms with Gasteiger partial charge in [-0.3, -0.25) is 0 Å². The van der Waals surface area contributed by atoms with Crippen LogP contribution in [0.2, 0.25) is 0 Å². The average Bonchev–Trinajstić information content (AvgIpc) is 2.38. The molecule has 4 nitrogen and oxygen atoms in total. The van der Waals surface area contributed by atoms with E-state index in [0.717, 1.165) is 4.47 Å². The van der Waals surface area contributed by atoms with E-state index in [2.05, 4.69) is 26.6 Å². The Morgan fingerprint density at radius 3 is 2.75 bits per heavy atom. The predicted octanol–water partition coefficient (Wildman–Crippen LogP) is 2.79. The van der Waals surface area contributed by atoms with E-state index in [4.69, 9.17) is 0 Å². The van der Waals surface area contributed by atoms with Gasteiger partial charge >= 0.3 is 6.03 Å². The second-order valence-electron chi connectivity index (χ2n) is 5.07. The molecule has 1 atom stereocenters. The van der Waals surface area contributed by atoms with E-state index in [-0.39, 0.29) is 31.0 Å². The number of aliphatic hydroxyl groups is 1. The van der Waals surface area contributed by atoms with Crippen LogP contribution >= 0.6 is 15.9 Å². The van der Waals surface area contributed by atoms with Gasteiger partial charge in [-0.1, -0.05) is 29.8 Å². The van der Waals surface area contributed by atoms with Gasteiger partial charge in [0.1, 0.15) is 5.82 Å². The Kier molecular flexibility index (Phi) is 6.95. The third-order valence-electron chi connectivity index (χ3n) is 2.76. The Balaban J connectivity index is 2.48. The van der Waals surface area contributed by atoms with E-state index in [1.165, 1.54) is 12.1 Å². The Labute approximate surface area is 126 Å². The molecule has 0 saturated carbocycles. The predicted molar refractivity (Wildman–Crippen MR) is 79.8 cm³/mol. The van der Waals surface area contributed by atoms with Gasteiger partial charge in [-0.25, -0.2) is 9.18 Å². The van der Waals surface area contributed by atoms with E-state index < -0.39 is 0 Å². The van der Waals surface area contributed by atoms with Crippen LogP contribution in [0.15, 0.2) is 22.7 Å². The molecule has 3 N–H and O–H groups in total. The van der Waals surface area contributed by atoms with Crippen LogP contribution in [-0.2, 0) is 6.54 Å². The monoisotopic (exact) mass is 346 g/mol. The van der Waals surface area contributed by atoms with Gasteiger partial charge in [-0.15, -0.1) is 0 Å². The standard InChI is InChI=1S/C14H20BrFN2O2/c1-9(2)5-12(8-19)18-14(20)17-7-10-6-11(16)3-4-13(10)15/h3-4,6,9,12,19H,5,7-8H2,1-2H3,(H2,17,18,20). The first-order chi connectivity index (χ1) is 9.42. The fraction of sp³-hybridized carbons (Fsp3) is 0.500. The number of rotatable bonds is 6. The minimum absolute atomic E-state index is 0.102. The summed E-state index contributed by atoms with van der Waals surface area (Å²) in [6.45, 7) is 4.15. The average molecular weight is 347 g/mol. The molecule has 0 heterocycles. The van der Waals surface area contributed by atoms with Crippen LogP contribution in [0.4, 0.5) is 9.18 Å². The molecule has 20 heavy (non-hydrogen) atoms. The summed E-state index contributed by atoms with van der Waals surface area (Å²) in [4.78, 5) is 11.7. The van der Waals surface area contributed by atoms with Crippen LogP contribution in [0.25, 0.3) is 0 Å². The summed E-state index contributed by atoms with van der Waals surface area (Å²) >= 11 is 3.30. The highest BCUT2D eigenvalue weighted by molar-refractivity contribution is 9.10. The quantitative estimate of drug-likeness (QED) is 0.741. The highest BCUT2D eigenvalue weighted by Crippen LogP contribution is 2.17. The summed E-state index contributed by atoms with van der Waals surface area (Å²) in [5, 5.41) is 14.5. The minimum Gasteiger partial charge on any atom is -0.394 e. The fourth-order valence-electron chi connectivity index (χ4n) is 1.84. The molecule has 0 radical (unpaired) electrons.